The maximum atomic E-state index is 14.0. The van der Waals surface area contributed by atoms with Crippen molar-refractivity contribution in [3.05, 3.63) is 64.5 Å². The summed E-state index contributed by atoms with van der Waals surface area (Å²) in [6.07, 6.45) is 2.98. The molecule has 0 aliphatic carbocycles. The molecule has 0 bridgehead atoms. The van der Waals surface area contributed by atoms with E-state index in [0.29, 0.717) is 0 Å². The Morgan fingerprint density at radius 1 is 1.40 bits per heavy atom. The molecule has 0 atom stereocenters. The molecule has 0 aliphatic rings. The number of rotatable bonds is 6. The minimum Gasteiger partial charge on any atom is -0.331 e. The lowest BCUT2D eigenvalue weighted by Crippen LogP contribution is -2.32. The van der Waals surface area contributed by atoms with Gasteiger partial charge in [0.05, 0.1) is 10.5 Å². The number of nitrogens with zero attached hydrogens (tertiary/aromatic N) is 2. The molecular weight excluding hydrogens is 263 g/mol. The van der Waals surface area contributed by atoms with Gasteiger partial charge in [-0.2, -0.15) is 0 Å². The predicted molar refractivity (Wildman–Crippen MR) is 74.1 cm³/mol. The van der Waals surface area contributed by atoms with Crippen molar-refractivity contribution in [2.45, 2.75) is 6.92 Å². The smallest absolute Gasteiger partial charge is 0.270 e. The van der Waals surface area contributed by atoms with Crippen molar-refractivity contribution in [2.24, 2.45) is 0 Å². The first-order chi connectivity index (χ1) is 9.42. The quantitative estimate of drug-likeness (QED) is 0.456. The van der Waals surface area contributed by atoms with Gasteiger partial charge in [-0.15, -0.1) is 13.2 Å². The molecule has 0 aliphatic heterocycles. The molecule has 0 aromatic heterocycles. The summed E-state index contributed by atoms with van der Waals surface area (Å²) < 4.78 is 14.0. The number of nitro groups is 1. The van der Waals surface area contributed by atoms with Crippen LogP contribution in [0.1, 0.15) is 15.9 Å². The van der Waals surface area contributed by atoms with Crippen LogP contribution in [-0.4, -0.2) is 28.8 Å². The van der Waals surface area contributed by atoms with E-state index in [4.69, 9.17) is 0 Å². The van der Waals surface area contributed by atoms with Gasteiger partial charge in [-0.05, 0) is 12.5 Å². The minimum absolute atomic E-state index is 0.0553. The number of benzene rings is 1. The lowest BCUT2D eigenvalue weighted by atomic mass is 10.1. The highest BCUT2D eigenvalue weighted by atomic mass is 19.1. The summed E-state index contributed by atoms with van der Waals surface area (Å²) in [6.45, 7) is 8.81. The van der Waals surface area contributed by atoms with Gasteiger partial charge < -0.3 is 4.90 Å². The average Bonchev–Trinajstić information content (AvgIpc) is 2.40. The van der Waals surface area contributed by atoms with E-state index in [1.165, 1.54) is 24.0 Å². The van der Waals surface area contributed by atoms with E-state index >= 15 is 0 Å². The first kappa shape index (κ1) is 15.6. The molecule has 0 saturated heterocycles. The third-order valence-electron chi connectivity index (χ3n) is 2.67. The number of halogens is 1. The van der Waals surface area contributed by atoms with Gasteiger partial charge in [0, 0.05) is 25.2 Å². The van der Waals surface area contributed by atoms with E-state index in [1.807, 2.05) is 0 Å². The topological polar surface area (TPSA) is 63.5 Å². The Kier molecular flexibility index (Phi) is 5.14. The van der Waals surface area contributed by atoms with Crippen molar-refractivity contribution >= 4 is 11.6 Å². The number of hydrogen-bond donors (Lipinski definition) is 0. The molecule has 0 heterocycles. The normalized spacial score (nSPS) is 9.90. The summed E-state index contributed by atoms with van der Waals surface area (Å²) in [5.41, 5.74) is -0.579. The average molecular weight is 278 g/mol. The first-order valence-corrected chi connectivity index (χ1v) is 5.88. The molecule has 1 rings (SSSR count). The maximum Gasteiger partial charge on any atom is 0.270 e. The molecule has 0 radical (unpaired) electrons. The Bertz CT molecular complexity index is 560. The van der Waals surface area contributed by atoms with Crippen LogP contribution in [0.4, 0.5) is 10.1 Å². The van der Waals surface area contributed by atoms with Crippen LogP contribution in [-0.2, 0) is 0 Å². The Morgan fingerprint density at radius 3 is 2.40 bits per heavy atom. The van der Waals surface area contributed by atoms with Gasteiger partial charge in [0.2, 0.25) is 0 Å². The van der Waals surface area contributed by atoms with Crippen molar-refractivity contribution in [3.8, 4) is 0 Å². The number of amides is 1. The molecule has 106 valence electrons. The van der Waals surface area contributed by atoms with Crippen molar-refractivity contribution in [2.75, 3.05) is 13.1 Å². The van der Waals surface area contributed by atoms with Crippen LogP contribution in [0.3, 0.4) is 0 Å². The number of carbonyl (C=O) groups is 1. The van der Waals surface area contributed by atoms with Crippen LogP contribution in [0.5, 0.6) is 0 Å². The van der Waals surface area contributed by atoms with Crippen molar-refractivity contribution in [3.63, 3.8) is 0 Å². The fourth-order valence-corrected chi connectivity index (χ4v) is 1.73. The fourth-order valence-electron chi connectivity index (χ4n) is 1.73. The van der Waals surface area contributed by atoms with Gasteiger partial charge in [0.15, 0.2) is 0 Å². The van der Waals surface area contributed by atoms with Crippen molar-refractivity contribution in [1.82, 2.24) is 4.90 Å². The molecule has 6 heteroatoms. The van der Waals surface area contributed by atoms with Crippen molar-refractivity contribution < 1.29 is 14.1 Å². The fraction of sp³-hybridized carbons (Fsp3) is 0.214. The summed E-state index contributed by atoms with van der Waals surface area (Å²) in [5, 5.41) is 10.8. The lowest BCUT2D eigenvalue weighted by Gasteiger charge is -2.19. The molecule has 1 amide bonds. The van der Waals surface area contributed by atoms with Crippen LogP contribution in [0, 0.1) is 22.9 Å². The van der Waals surface area contributed by atoms with E-state index in [2.05, 4.69) is 13.2 Å². The maximum absolute atomic E-state index is 14.0. The van der Waals surface area contributed by atoms with E-state index < -0.39 is 16.6 Å². The molecule has 1 aromatic rings. The van der Waals surface area contributed by atoms with Gasteiger partial charge in [-0.1, -0.05) is 12.2 Å². The summed E-state index contributed by atoms with van der Waals surface area (Å²) in [5.74, 6) is -1.38. The predicted octanol–water partition coefficient (Wildman–Crippen LogP) is 2.86. The highest BCUT2D eigenvalue weighted by molar-refractivity contribution is 5.95. The zero-order chi connectivity index (χ0) is 15.3. The second-order valence-corrected chi connectivity index (χ2v) is 4.17. The Labute approximate surface area is 116 Å². The molecule has 0 N–H and O–H groups in total. The zero-order valence-corrected chi connectivity index (χ0v) is 11.1. The molecule has 0 fully saturated rings. The molecule has 0 spiro atoms. The molecule has 5 nitrogen and oxygen atoms in total. The lowest BCUT2D eigenvalue weighted by molar-refractivity contribution is -0.385. The SMILES string of the molecule is C=CCN(CC=C)C(=O)c1cc([N+](=O)[O-])cc(C)c1F. The van der Waals surface area contributed by atoms with Gasteiger partial charge in [0.25, 0.3) is 11.6 Å². The van der Waals surface area contributed by atoms with E-state index in [0.717, 1.165) is 12.1 Å². The largest absolute Gasteiger partial charge is 0.331 e. The second kappa shape index (κ2) is 6.60. The summed E-state index contributed by atoms with van der Waals surface area (Å²) in [6, 6.07) is 2.04. The van der Waals surface area contributed by atoms with Crippen molar-refractivity contribution in [1.29, 1.82) is 0 Å². The van der Waals surface area contributed by atoms with Gasteiger partial charge in [-0.3, -0.25) is 14.9 Å². The molecule has 1 aromatic carbocycles. The van der Waals surface area contributed by atoms with Crippen LogP contribution in [0.25, 0.3) is 0 Å². The van der Waals surface area contributed by atoms with E-state index in [9.17, 15) is 19.3 Å². The van der Waals surface area contributed by atoms with Crippen LogP contribution >= 0.6 is 0 Å². The van der Waals surface area contributed by atoms with Gasteiger partial charge >= 0.3 is 0 Å². The summed E-state index contributed by atoms with van der Waals surface area (Å²) in [7, 11) is 0. The number of hydrogen-bond acceptors (Lipinski definition) is 3. The van der Waals surface area contributed by atoms with E-state index in [-0.39, 0.29) is 29.9 Å². The first-order valence-electron chi connectivity index (χ1n) is 5.88. The standard InChI is InChI=1S/C14H15FN2O3/c1-4-6-16(7-5-2)14(18)12-9-11(17(19)20)8-10(3)13(12)15/h4-5,8-9H,1-2,6-7H2,3H3. The monoisotopic (exact) mass is 278 g/mol. The Hall–Kier alpha value is -2.50. The summed E-state index contributed by atoms with van der Waals surface area (Å²) in [4.78, 5) is 23.7. The van der Waals surface area contributed by atoms with Crippen LogP contribution in [0.2, 0.25) is 0 Å². The number of non-ortho nitro benzene ring substituents is 1. The highest BCUT2D eigenvalue weighted by Gasteiger charge is 2.22. The number of nitro benzene ring substituents is 1. The highest BCUT2D eigenvalue weighted by Crippen LogP contribution is 2.22. The summed E-state index contributed by atoms with van der Waals surface area (Å²) >= 11 is 0. The minimum atomic E-state index is -0.751. The number of carbonyl (C=O) groups excluding carboxylic acids is 1. The second-order valence-electron chi connectivity index (χ2n) is 4.17. The molecule has 0 saturated carbocycles. The Morgan fingerprint density at radius 2 is 1.95 bits per heavy atom. The number of aryl methyl sites for hydroxylation is 1. The molecule has 0 unspecified atom stereocenters. The van der Waals surface area contributed by atoms with Crippen LogP contribution < -0.4 is 0 Å². The molecular formula is C14H15FN2O3. The van der Waals surface area contributed by atoms with Gasteiger partial charge in [-0.25, -0.2) is 4.39 Å². The van der Waals surface area contributed by atoms with Gasteiger partial charge in [0.1, 0.15) is 5.82 Å². The third kappa shape index (κ3) is 3.28. The Balaban J connectivity index is 3.28. The third-order valence-corrected chi connectivity index (χ3v) is 2.67. The van der Waals surface area contributed by atoms with Crippen LogP contribution in [0.15, 0.2) is 37.4 Å². The van der Waals surface area contributed by atoms with E-state index in [1.54, 1.807) is 0 Å². The molecule has 20 heavy (non-hydrogen) atoms. The zero-order valence-electron chi connectivity index (χ0n) is 11.1.